The molecule has 0 radical (unpaired) electrons. The maximum absolute atomic E-state index is 15.1. The summed E-state index contributed by atoms with van der Waals surface area (Å²) >= 11 is 0. The molecule has 0 aliphatic rings. The van der Waals surface area contributed by atoms with Gasteiger partial charge in [0.05, 0.1) is 6.04 Å². The van der Waals surface area contributed by atoms with Crippen LogP contribution in [0.15, 0.2) is 111 Å². The van der Waals surface area contributed by atoms with Crippen molar-refractivity contribution in [2.45, 2.75) is 113 Å². The molecule has 0 bridgehead atoms. The quantitative estimate of drug-likeness (QED) is 0.0113. The van der Waals surface area contributed by atoms with Gasteiger partial charge in [0.1, 0.15) is 36.3 Å². The van der Waals surface area contributed by atoms with Crippen LogP contribution in [0.25, 0.3) is 32.7 Å². The number of carbonyl (C=O) groups is 7. The van der Waals surface area contributed by atoms with E-state index in [1.54, 1.807) is 30.7 Å². The number of aliphatic carboxylic acids is 1. The van der Waals surface area contributed by atoms with Crippen LogP contribution >= 0.6 is 0 Å². The number of amides is 6. The molecule has 28 N–H and O–H groups in total. The highest BCUT2D eigenvalue weighted by Crippen LogP contribution is 2.23. The Balaban J connectivity index is 1.32. The Labute approximate surface area is 500 Å². The molecule has 0 fully saturated rings. The molecular weight excluding hydrogens is 1120 g/mol. The van der Waals surface area contributed by atoms with Crippen LogP contribution in [0.3, 0.4) is 0 Å². The second kappa shape index (κ2) is 32.6. The number of aromatic nitrogens is 3. The van der Waals surface area contributed by atoms with Crippen LogP contribution < -0.4 is 83.5 Å². The number of nitrogens with zero attached hydrogens (tertiary/aromatic N) is 4. The van der Waals surface area contributed by atoms with E-state index in [2.05, 4.69) is 66.8 Å². The van der Waals surface area contributed by atoms with Crippen molar-refractivity contribution >= 4 is 98.0 Å². The standard InChI is InChI=1S/C57H80N22O8/c58-37(14-7-21-67-54(59)60)47(80)77-44(25-31-28-71-38-15-4-1-11-34(31)38)50(83)74-41(18-8-22-68-55(61)62)48(81)78-45(26-32-29-72-39-16-5-2-12-35(32)39)51(84)75-42(19-9-23-69-56(63)64)49(82)79-46(27-33-30-73-40-17-6-3-13-36(33)40)52(85)76-43(53(86)87)20-10-24-70-57(65)66/h1-6,11-13,15-17,28-30,37,41-46,71-73H,7-10,14,18-27,58H2,(H,74,83)(H,75,84)(H,76,85)(H,77,80)(H,78,81)(H,79,82)(H,86,87)(H4,59,60,67)(H4,61,62,68)(H4,63,64,69)(H4,65,66,70)/t37-,41-,42-,43-,44-,45-,46-/m0/s1. The molecule has 0 unspecified atom stereocenters. The molecule has 3 heterocycles. The lowest BCUT2D eigenvalue weighted by molar-refractivity contribution is -0.142. The second-order valence-electron chi connectivity index (χ2n) is 20.8. The minimum Gasteiger partial charge on any atom is -0.480 e. The Bertz CT molecular complexity index is 3440. The molecule has 6 rings (SSSR count). The van der Waals surface area contributed by atoms with Gasteiger partial charge in [0.2, 0.25) is 35.4 Å². The van der Waals surface area contributed by atoms with Gasteiger partial charge in [0.25, 0.3) is 0 Å². The van der Waals surface area contributed by atoms with Crippen molar-refractivity contribution in [3.8, 4) is 0 Å². The van der Waals surface area contributed by atoms with Gasteiger partial charge in [-0.05, 0) is 86.3 Å². The first kappa shape index (κ1) is 65.8. The van der Waals surface area contributed by atoms with Gasteiger partial charge in [0.15, 0.2) is 23.8 Å². The predicted molar refractivity (Wildman–Crippen MR) is 333 cm³/mol. The third-order valence-corrected chi connectivity index (χ3v) is 14.2. The average Bonchev–Trinajstić information content (AvgIpc) is 2.13. The monoisotopic (exact) mass is 1200 g/mol. The number of guanidine groups is 4. The van der Waals surface area contributed by atoms with Crippen molar-refractivity contribution < 1.29 is 38.7 Å². The lowest BCUT2D eigenvalue weighted by atomic mass is 10.0. The largest absolute Gasteiger partial charge is 0.480 e. The number of hydrogen-bond donors (Lipinski definition) is 19. The van der Waals surface area contributed by atoms with E-state index in [1.165, 1.54) is 0 Å². The molecule has 6 amide bonds. The van der Waals surface area contributed by atoms with Gasteiger partial charge in [-0.2, -0.15) is 0 Å². The number of benzene rings is 3. The molecule has 3 aromatic heterocycles. The molecular formula is C57H80N22O8. The number of aromatic amines is 3. The van der Waals surface area contributed by atoms with Crippen molar-refractivity contribution in [3.05, 3.63) is 108 Å². The van der Waals surface area contributed by atoms with E-state index in [0.717, 1.165) is 27.3 Å². The molecule has 7 atom stereocenters. The fourth-order valence-corrected chi connectivity index (χ4v) is 9.79. The molecule has 6 aromatic rings. The highest BCUT2D eigenvalue weighted by molar-refractivity contribution is 5.98. The van der Waals surface area contributed by atoms with Crippen molar-refractivity contribution in [1.82, 2.24) is 46.9 Å². The van der Waals surface area contributed by atoms with Crippen molar-refractivity contribution in [3.63, 3.8) is 0 Å². The number of rotatable bonds is 35. The van der Waals surface area contributed by atoms with Crippen LogP contribution in [-0.2, 0) is 52.8 Å². The van der Waals surface area contributed by atoms with E-state index in [0.29, 0.717) is 28.5 Å². The SMILES string of the molecule is NC(N)=NCCC[C@H](NC(=O)[C@H](Cc1c[nH]c2ccccc12)NC(=O)[C@H](CCCN=C(N)N)NC(=O)[C@H](Cc1c[nH]c2ccccc12)NC(=O)[C@H](CCCN=C(N)N)NC(=O)[C@H](Cc1c[nH]c2ccccc12)NC(=O)[C@@H](N)CCCN=C(N)N)C(=O)O. The van der Waals surface area contributed by atoms with Gasteiger partial charge in [-0.1, -0.05) is 54.6 Å². The molecule has 87 heavy (non-hydrogen) atoms. The van der Waals surface area contributed by atoms with E-state index in [1.807, 2.05) is 60.7 Å². The smallest absolute Gasteiger partial charge is 0.326 e. The normalized spacial score (nSPS) is 13.5. The summed E-state index contributed by atoms with van der Waals surface area (Å²) in [4.78, 5) is 126. The molecule has 0 aliphatic carbocycles. The van der Waals surface area contributed by atoms with Crippen molar-refractivity contribution in [2.24, 2.45) is 71.6 Å². The highest BCUT2D eigenvalue weighted by atomic mass is 16.4. The number of aliphatic imine (C=N–C) groups is 4. The summed E-state index contributed by atoms with van der Waals surface area (Å²) in [5, 5.41) is 28.9. The Morgan fingerprint density at radius 3 is 0.966 bits per heavy atom. The zero-order valence-electron chi connectivity index (χ0n) is 48.1. The third-order valence-electron chi connectivity index (χ3n) is 14.2. The van der Waals surface area contributed by atoms with E-state index in [4.69, 9.17) is 51.6 Å². The van der Waals surface area contributed by atoms with Gasteiger partial charge in [-0.3, -0.25) is 48.7 Å². The second-order valence-corrected chi connectivity index (χ2v) is 20.8. The van der Waals surface area contributed by atoms with Gasteiger partial charge in [0, 0.05) is 96.7 Å². The molecule has 0 spiro atoms. The fraction of sp³-hybridized carbons (Fsp3) is 0.386. The summed E-state index contributed by atoms with van der Waals surface area (Å²) < 4.78 is 0. The number of carbonyl (C=O) groups excluding carboxylic acids is 6. The van der Waals surface area contributed by atoms with Gasteiger partial charge >= 0.3 is 5.97 Å². The van der Waals surface area contributed by atoms with Gasteiger partial charge in [-0.15, -0.1) is 0 Å². The van der Waals surface area contributed by atoms with Gasteiger partial charge < -0.3 is 104 Å². The van der Waals surface area contributed by atoms with Crippen LogP contribution in [0.1, 0.15) is 68.1 Å². The molecule has 0 saturated carbocycles. The van der Waals surface area contributed by atoms with Crippen LogP contribution in [0.2, 0.25) is 0 Å². The lowest BCUT2D eigenvalue weighted by Crippen LogP contribution is -2.60. The molecule has 30 nitrogen and oxygen atoms in total. The molecule has 3 aromatic carbocycles. The Kier molecular flexibility index (Phi) is 24.6. The van der Waals surface area contributed by atoms with E-state index < -0.39 is 83.7 Å². The molecule has 30 heteroatoms. The summed E-state index contributed by atoms with van der Waals surface area (Å²) in [6.45, 7) is 0.352. The topological polar surface area (TPSA) is 543 Å². The predicted octanol–water partition coefficient (Wildman–Crippen LogP) is -2.31. The Morgan fingerprint density at radius 2 is 0.644 bits per heavy atom. The van der Waals surface area contributed by atoms with Crippen LogP contribution in [0, 0.1) is 0 Å². The number of fused-ring (bicyclic) bond motifs is 3. The summed E-state index contributed by atoms with van der Waals surface area (Å²) in [6, 6.07) is 12.3. The zero-order chi connectivity index (χ0) is 63.0. The Hall–Kier alpha value is -10.4. The minimum atomic E-state index is -1.47. The molecule has 0 aliphatic heterocycles. The number of nitrogens with two attached hydrogens (primary N) is 9. The number of nitrogens with one attached hydrogen (secondary N) is 9. The lowest BCUT2D eigenvalue weighted by Gasteiger charge is -2.28. The number of para-hydroxylation sites is 3. The van der Waals surface area contributed by atoms with E-state index >= 15 is 4.79 Å². The van der Waals surface area contributed by atoms with Crippen molar-refractivity contribution in [2.75, 3.05) is 26.2 Å². The number of carboxylic acid groups (broad SMARTS) is 1. The first-order valence-electron chi connectivity index (χ1n) is 28.3. The third kappa shape index (κ3) is 20.4. The van der Waals surface area contributed by atoms with Crippen molar-refractivity contribution in [1.29, 1.82) is 0 Å². The minimum absolute atomic E-state index is 0.0191. The van der Waals surface area contributed by atoms with Crippen LogP contribution in [0.4, 0.5) is 0 Å². The van der Waals surface area contributed by atoms with Crippen LogP contribution in [-0.4, -0.2) is 154 Å². The summed E-state index contributed by atoms with van der Waals surface area (Å²) in [5.41, 5.74) is 54.8. The first-order valence-corrected chi connectivity index (χ1v) is 28.3. The maximum atomic E-state index is 15.1. The number of H-pyrrole nitrogens is 3. The van der Waals surface area contributed by atoms with Crippen LogP contribution in [0.5, 0.6) is 0 Å². The van der Waals surface area contributed by atoms with Gasteiger partial charge in [-0.25, -0.2) is 4.79 Å². The fourth-order valence-electron chi connectivity index (χ4n) is 9.79. The summed E-state index contributed by atoms with van der Waals surface area (Å²) in [6.07, 6.45) is 5.41. The maximum Gasteiger partial charge on any atom is 0.326 e. The van der Waals surface area contributed by atoms with E-state index in [9.17, 15) is 33.9 Å². The molecule has 0 saturated heterocycles. The number of hydrogen-bond acceptors (Lipinski definition) is 12. The highest BCUT2D eigenvalue weighted by Gasteiger charge is 2.35. The average molecular weight is 1200 g/mol. The summed E-state index contributed by atoms with van der Waals surface area (Å²) in [7, 11) is 0. The van der Waals surface area contributed by atoms with E-state index in [-0.39, 0.29) is 114 Å². The molecule has 466 valence electrons. The zero-order valence-corrected chi connectivity index (χ0v) is 48.1. The summed E-state index contributed by atoms with van der Waals surface area (Å²) in [5.74, 6) is -6.93. The Morgan fingerprint density at radius 1 is 0.379 bits per heavy atom. The first-order chi connectivity index (χ1) is 41.7. The number of carboxylic acids is 1.